The fourth-order valence-corrected chi connectivity index (χ4v) is 3.81. The van der Waals surface area contributed by atoms with Crippen molar-refractivity contribution in [3.63, 3.8) is 0 Å². The molecule has 0 fully saturated rings. The molecule has 0 unspecified atom stereocenters. The van der Waals surface area contributed by atoms with Gasteiger partial charge in [-0.3, -0.25) is 4.79 Å². The maximum Gasteiger partial charge on any atom is 0.217 e. The summed E-state index contributed by atoms with van der Waals surface area (Å²) in [6, 6.07) is 6.79. The fourth-order valence-electron chi connectivity index (χ4n) is 2.71. The van der Waals surface area contributed by atoms with Gasteiger partial charge < -0.3 is 24.3 Å². The van der Waals surface area contributed by atoms with Crippen molar-refractivity contribution in [1.82, 2.24) is 5.32 Å². The number of nitrogens with one attached hydrogen (secondary N) is 1. The third-order valence-electron chi connectivity index (χ3n) is 3.98. The van der Waals surface area contributed by atoms with E-state index in [4.69, 9.17) is 18.9 Å². The highest BCUT2D eigenvalue weighted by molar-refractivity contribution is 9.10. The van der Waals surface area contributed by atoms with Gasteiger partial charge in [-0.1, -0.05) is 31.9 Å². The molecule has 6 nitrogen and oxygen atoms in total. The van der Waals surface area contributed by atoms with Gasteiger partial charge in [-0.05, 0) is 35.4 Å². The summed E-state index contributed by atoms with van der Waals surface area (Å²) >= 11 is 7.14. The molecule has 0 aromatic heterocycles. The maximum atomic E-state index is 11.9. The van der Waals surface area contributed by atoms with Crippen LogP contribution in [0, 0.1) is 0 Å². The number of methoxy groups -OCH3 is 4. The van der Waals surface area contributed by atoms with Crippen LogP contribution in [-0.2, 0) is 4.79 Å². The lowest BCUT2D eigenvalue weighted by Crippen LogP contribution is -2.27. The maximum absolute atomic E-state index is 11.9. The summed E-state index contributed by atoms with van der Waals surface area (Å²) in [6.45, 7) is 1.47. The van der Waals surface area contributed by atoms with Crippen molar-refractivity contribution >= 4 is 37.8 Å². The molecule has 1 amide bonds. The van der Waals surface area contributed by atoms with Gasteiger partial charge in [0.2, 0.25) is 5.91 Å². The van der Waals surface area contributed by atoms with E-state index in [1.165, 1.54) is 6.92 Å². The number of hydrogen-bond acceptors (Lipinski definition) is 5. The SMILES string of the molecule is COc1cc(Br)c(C(NC(C)=O)c2cc(OC)c(OC)cc2Br)cc1OC. The van der Waals surface area contributed by atoms with Crippen LogP contribution in [0.15, 0.2) is 33.2 Å². The van der Waals surface area contributed by atoms with Gasteiger partial charge in [0.05, 0.1) is 34.5 Å². The third-order valence-corrected chi connectivity index (χ3v) is 5.35. The quantitative estimate of drug-likeness (QED) is 0.605. The van der Waals surface area contributed by atoms with Crippen molar-refractivity contribution in [2.45, 2.75) is 13.0 Å². The average molecular weight is 503 g/mol. The molecule has 2 aromatic rings. The molecular formula is C19H21Br2NO5. The van der Waals surface area contributed by atoms with Crippen LogP contribution in [0.3, 0.4) is 0 Å². The van der Waals surface area contributed by atoms with Crippen LogP contribution in [0.2, 0.25) is 0 Å². The first-order valence-corrected chi connectivity index (χ1v) is 9.54. The van der Waals surface area contributed by atoms with Crippen LogP contribution in [0.25, 0.3) is 0 Å². The summed E-state index contributed by atoms with van der Waals surface area (Å²) < 4.78 is 23.1. The molecule has 0 heterocycles. The summed E-state index contributed by atoms with van der Waals surface area (Å²) in [5.41, 5.74) is 1.60. The summed E-state index contributed by atoms with van der Waals surface area (Å²) in [4.78, 5) is 11.9. The van der Waals surface area contributed by atoms with Crippen molar-refractivity contribution in [1.29, 1.82) is 0 Å². The highest BCUT2D eigenvalue weighted by Crippen LogP contribution is 2.42. The number of halogens is 2. The Kier molecular flexibility index (Phi) is 7.38. The molecular weight excluding hydrogens is 482 g/mol. The van der Waals surface area contributed by atoms with E-state index in [1.807, 2.05) is 12.1 Å². The van der Waals surface area contributed by atoms with Crippen LogP contribution in [0.5, 0.6) is 23.0 Å². The summed E-state index contributed by atoms with van der Waals surface area (Å²) in [7, 11) is 6.27. The lowest BCUT2D eigenvalue weighted by molar-refractivity contribution is -0.119. The first kappa shape index (κ1) is 21.4. The second kappa shape index (κ2) is 9.32. The minimum atomic E-state index is -0.467. The zero-order valence-electron chi connectivity index (χ0n) is 15.7. The smallest absolute Gasteiger partial charge is 0.217 e. The Labute approximate surface area is 175 Å². The molecule has 0 aliphatic rings. The molecule has 1 N–H and O–H groups in total. The molecule has 0 saturated heterocycles. The second-order valence-corrected chi connectivity index (χ2v) is 7.30. The lowest BCUT2D eigenvalue weighted by Gasteiger charge is -2.24. The topological polar surface area (TPSA) is 66.0 Å². The zero-order valence-corrected chi connectivity index (χ0v) is 18.9. The molecule has 0 aliphatic carbocycles. The molecule has 0 aliphatic heterocycles. The van der Waals surface area contributed by atoms with Gasteiger partial charge in [-0.15, -0.1) is 0 Å². The van der Waals surface area contributed by atoms with E-state index in [-0.39, 0.29) is 5.91 Å². The number of carbonyl (C=O) groups excluding carboxylic acids is 1. The molecule has 0 saturated carbocycles. The number of amides is 1. The molecule has 2 rings (SSSR count). The van der Waals surface area contributed by atoms with Gasteiger partial charge in [0.25, 0.3) is 0 Å². The Morgan fingerprint density at radius 2 is 1.11 bits per heavy atom. The molecule has 2 aromatic carbocycles. The summed E-state index contributed by atoms with van der Waals surface area (Å²) in [6.07, 6.45) is 0. The van der Waals surface area contributed by atoms with Crippen LogP contribution < -0.4 is 24.3 Å². The van der Waals surface area contributed by atoms with Crippen molar-refractivity contribution < 1.29 is 23.7 Å². The Morgan fingerprint density at radius 3 is 1.41 bits per heavy atom. The average Bonchev–Trinajstić information content (AvgIpc) is 2.65. The molecule has 8 heteroatoms. The monoisotopic (exact) mass is 501 g/mol. The highest BCUT2D eigenvalue weighted by Gasteiger charge is 2.24. The Hall–Kier alpha value is -1.93. The van der Waals surface area contributed by atoms with Crippen molar-refractivity contribution in [2.24, 2.45) is 0 Å². The van der Waals surface area contributed by atoms with Crippen LogP contribution in [0.1, 0.15) is 24.1 Å². The Balaban J connectivity index is 2.69. The lowest BCUT2D eigenvalue weighted by atomic mass is 9.97. The van der Waals surface area contributed by atoms with E-state index in [0.717, 1.165) is 20.1 Å². The van der Waals surface area contributed by atoms with Crippen LogP contribution in [-0.4, -0.2) is 34.3 Å². The number of ether oxygens (including phenoxy) is 4. The Bertz CT molecular complexity index is 780. The number of carbonyl (C=O) groups is 1. The van der Waals surface area contributed by atoms with Gasteiger partial charge in [0, 0.05) is 15.9 Å². The minimum absolute atomic E-state index is 0.177. The number of hydrogen-bond donors (Lipinski definition) is 1. The number of benzene rings is 2. The van der Waals surface area contributed by atoms with E-state index in [0.29, 0.717) is 23.0 Å². The first-order valence-electron chi connectivity index (χ1n) is 7.96. The van der Waals surface area contributed by atoms with E-state index in [2.05, 4.69) is 37.2 Å². The van der Waals surface area contributed by atoms with Crippen LogP contribution in [0.4, 0.5) is 0 Å². The van der Waals surface area contributed by atoms with E-state index in [9.17, 15) is 4.79 Å². The van der Waals surface area contributed by atoms with E-state index >= 15 is 0 Å². The van der Waals surface area contributed by atoms with Gasteiger partial charge >= 0.3 is 0 Å². The largest absolute Gasteiger partial charge is 0.493 e. The molecule has 0 bridgehead atoms. The van der Waals surface area contributed by atoms with Gasteiger partial charge in [0.15, 0.2) is 23.0 Å². The summed E-state index contributed by atoms with van der Waals surface area (Å²) in [5.74, 6) is 2.11. The molecule has 0 radical (unpaired) electrons. The van der Waals surface area contributed by atoms with Crippen molar-refractivity contribution in [3.8, 4) is 23.0 Å². The van der Waals surface area contributed by atoms with Crippen molar-refractivity contribution in [3.05, 3.63) is 44.3 Å². The first-order chi connectivity index (χ1) is 12.9. The predicted molar refractivity (Wildman–Crippen MR) is 110 cm³/mol. The third kappa shape index (κ3) is 4.68. The Morgan fingerprint density at radius 1 is 0.778 bits per heavy atom. The van der Waals surface area contributed by atoms with E-state index < -0.39 is 6.04 Å². The fraction of sp³-hybridized carbons (Fsp3) is 0.316. The second-order valence-electron chi connectivity index (χ2n) is 5.59. The normalized spacial score (nSPS) is 10.5. The van der Waals surface area contributed by atoms with Gasteiger partial charge in [0.1, 0.15) is 0 Å². The van der Waals surface area contributed by atoms with E-state index in [1.54, 1.807) is 40.6 Å². The minimum Gasteiger partial charge on any atom is -0.493 e. The molecule has 146 valence electrons. The molecule has 0 atom stereocenters. The molecule has 0 spiro atoms. The molecule has 27 heavy (non-hydrogen) atoms. The van der Waals surface area contributed by atoms with Gasteiger partial charge in [-0.2, -0.15) is 0 Å². The highest BCUT2D eigenvalue weighted by atomic mass is 79.9. The van der Waals surface area contributed by atoms with Crippen molar-refractivity contribution in [2.75, 3.05) is 28.4 Å². The van der Waals surface area contributed by atoms with Crippen LogP contribution >= 0.6 is 31.9 Å². The summed E-state index contributed by atoms with van der Waals surface area (Å²) in [5, 5.41) is 2.98. The van der Waals surface area contributed by atoms with Gasteiger partial charge in [-0.25, -0.2) is 0 Å². The standard InChI is InChI=1S/C19H21Br2NO5/c1-10(23)22-19(11-6-15(24-2)17(26-4)8-13(11)20)12-7-16(25-3)18(27-5)9-14(12)21/h6-9,19H,1-5H3,(H,22,23). The number of rotatable bonds is 7. The zero-order chi connectivity index (χ0) is 20.1. The predicted octanol–water partition coefficient (Wildman–Crippen LogP) is 4.47.